The molecule has 0 saturated heterocycles. The third-order valence-electron chi connectivity index (χ3n) is 2.85. The van der Waals surface area contributed by atoms with Crippen molar-refractivity contribution in [1.29, 1.82) is 0 Å². The predicted octanol–water partition coefficient (Wildman–Crippen LogP) is 1.26. The van der Waals surface area contributed by atoms with Crippen LogP contribution in [0.5, 0.6) is 0 Å². The Morgan fingerprint density at radius 3 is 2.30 bits per heavy atom. The summed E-state index contributed by atoms with van der Waals surface area (Å²) in [6.45, 7) is 4.63. The van der Waals surface area contributed by atoms with Crippen LogP contribution >= 0.6 is 0 Å². The Kier molecular flexibility index (Phi) is 4.17. The summed E-state index contributed by atoms with van der Waals surface area (Å²) >= 11 is 0. The van der Waals surface area contributed by atoms with Gasteiger partial charge in [-0.3, -0.25) is 9.59 Å². The molecule has 0 aliphatic carbocycles. The van der Waals surface area contributed by atoms with Crippen molar-refractivity contribution in [3.05, 3.63) is 27.9 Å². The number of hydrogen-bond donors (Lipinski definition) is 1. The van der Waals surface area contributed by atoms with Crippen LogP contribution in [-0.4, -0.2) is 43.5 Å². The second-order valence-corrected chi connectivity index (χ2v) is 5.35. The van der Waals surface area contributed by atoms with Gasteiger partial charge in [0.05, 0.1) is 7.05 Å². The molecule has 0 atom stereocenters. The van der Waals surface area contributed by atoms with E-state index in [2.05, 4.69) is 0 Å². The molecule has 0 aliphatic heterocycles. The van der Waals surface area contributed by atoms with Gasteiger partial charge in [0, 0.05) is 11.6 Å². The predicted molar refractivity (Wildman–Crippen MR) is 70.5 cm³/mol. The second-order valence-electron chi connectivity index (χ2n) is 5.35. The van der Waals surface area contributed by atoms with Crippen LogP contribution in [0.25, 0.3) is 0 Å². The van der Waals surface area contributed by atoms with Gasteiger partial charge in [0.2, 0.25) is 0 Å². The standard InChI is InChI=1S/C12H17N3O5/c1-12(2,3)14(7-10(16)17)11(18)8-5-6-9(13(8)4)15(19)20/h5-6H,7H2,1-4H3,(H,16,17). The van der Waals surface area contributed by atoms with E-state index in [9.17, 15) is 19.7 Å². The van der Waals surface area contributed by atoms with Gasteiger partial charge in [0.15, 0.2) is 5.69 Å². The van der Waals surface area contributed by atoms with Gasteiger partial charge in [-0.25, -0.2) is 4.57 Å². The van der Waals surface area contributed by atoms with Gasteiger partial charge in [-0.05, 0) is 31.8 Å². The van der Waals surface area contributed by atoms with E-state index >= 15 is 0 Å². The minimum absolute atomic E-state index is 0.0767. The Morgan fingerprint density at radius 2 is 1.95 bits per heavy atom. The number of carbonyl (C=O) groups is 2. The van der Waals surface area contributed by atoms with Crippen LogP contribution in [0.1, 0.15) is 31.3 Å². The van der Waals surface area contributed by atoms with E-state index in [1.54, 1.807) is 20.8 Å². The summed E-state index contributed by atoms with van der Waals surface area (Å²) in [5, 5.41) is 19.7. The highest BCUT2D eigenvalue weighted by Crippen LogP contribution is 2.21. The molecule has 1 aromatic rings. The highest BCUT2D eigenvalue weighted by Gasteiger charge is 2.33. The summed E-state index contributed by atoms with van der Waals surface area (Å²) < 4.78 is 1.14. The van der Waals surface area contributed by atoms with Crippen molar-refractivity contribution >= 4 is 17.7 Å². The van der Waals surface area contributed by atoms with Gasteiger partial charge in [-0.2, -0.15) is 0 Å². The topological polar surface area (TPSA) is 106 Å². The van der Waals surface area contributed by atoms with Crippen LogP contribution in [0.3, 0.4) is 0 Å². The lowest BCUT2D eigenvalue weighted by molar-refractivity contribution is -0.391. The van der Waals surface area contributed by atoms with Gasteiger partial charge < -0.3 is 20.1 Å². The molecule has 1 aromatic heterocycles. The number of aliphatic carboxylic acids is 1. The number of carbonyl (C=O) groups excluding carboxylic acids is 1. The van der Waals surface area contributed by atoms with Gasteiger partial charge >= 0.3 is 11.8 Å². The summed E-state index contributed by atoms with van der Waals surface area (Å²) in [7, 11) is 1.40. The number of nitro groups is 1. The molecule has 8 heteroatoms. The SMILES string of the molecule is Cn1c(C(=O)N(CC(=O)O)C(C)(C)C)ccc1[N+](=O)[O-]. The molecule has 1 heterocycles. The fraction of sp³-hybridized carbons (Fsp3) is 0.500. The Hall–Kier alpha value is -2.38. The molecule has 1 N–H and O–H groups in total. The van der Waals surface area contributed by atoms with Crippen molar-refractivity contribution in [2.24, 2.45) is 7.05 Å². The molecule has 0 bridgehead atoms. The molecule has 1 amide bonds. The highest BCUT2D eigenvalue weighted by molar-refractivity contribution is 5.95. The number of aromatic nitrogens is 1. The molecule has 110 valence electrons. The van der Waals surface area contributed by atoms with Gasteiger partial charge in [0.1, 0.15) is 6.54 Å². The summed E-state index contributed by atoms with van der Waals surface area (Å²) in [5.41, 5.74) is -0.637. The lowest BCUT2D eigenvalue weighted by Gasteiger charge is -2.33. The summed E-state index contributed by atoms with van der Waals surface area (Å²) in [4.78, 5) is 34.6. The number of carboxylic acids is 1. The zero-order chi connectivity index (χ0) is 15.7. The lowest BCUT2D eigenvalue weighted by atomic mass is 10.1. The first-order chi connectivity index (χ1) is 9.05. The van der Waals surface area contributed by atoms with Gasteiger partial charge in [-0.15, -0.1) is 0 Å². The molecule has 0 radical (unpaired) electrons. The monoisotopic (exact) mass is 283 g/mol. The zero-order valence-corrected chi connectivity index (χ0v) is 11.8. The van der Waals surface area contributed by atoms with E-state index in [0.29, 0.717) is 0 Å². The molecule has 0 spiro atoms. The first-order valence-corrected chi connectivity index (χ1v) is 5.89. The molecule has 0 saturated carbocycles. The number of nitrogens with zero attached hydrogens (tertiary/aromatic N) is 3. The summed E-state index contributed by atoms with van der Waals surface area (Å²) in [6.07, 6.45) is 0. The minimum Gasteiger partial charge on any atom is -0.480 e. The van der Waals surface area contributed by atoms with Gasteiger partial charge in [-0.1, -0.05) is 0 Å². The Morgan fingerprint density at radius 1 is 1.40 bits per heavy atom. The fourth-order valence-corrected chi connectivity index (χ4v) is 1.79. The molecule has 1 rings (SSSR count). The molecular weight excluding hydrogens is 266 g/mol. The molecule has 20 heavy (non-hydrogen) atoms. The van der Waals surface area contributed by atoms with Crippen molar-refractivity contribution in [3.8, 4) is 0 Å². The van der Waals surface area contributed by atoms with Gasteiger partial charge in [0.25, 0.3) is 5.91 Å². The average Bonchev–Trinajstić information content (AvgIpc) is 2.65. The van der Waals surface area contributed by atoms with Crippen molar-refractivity contribution in [1.82, 2.24) is 9.47 Å². The Balaban J connectivity index is 3.20. The van der Waals surface area contributed by atoms with Crippen LogP contribution in [-0.2, 0) is 11.8 Å². The first kappa shape index (κ1) is 15.7. The molecule has 8 nitrogen and oxygen atoms in total. The summed E-state index contributed by atoms with van der Waals surface area (Å²) in [6, 6.07) is 2.54. The lowest BCUT2D eigenvalue weighted by Crippen LogP contribution is -2.48. The number of amides is 1. The summed E-state index contributed by atoms with van der Waals surface area (Å²) in [5.74, 6) is -1.93. The fourth-order valence-electron chi connectivity index (χ4n) is 1.79. The Bertz CT molecular complexity index is 556. The molecule has 0 fully saturated rings. The highest BCUT2D eigenvalue weighted by atomic mass is 16.6. The Labute approximate surface area is 115 Å². The zero-order valence-electron chi connectivity index (χ0n) is 11.8. The van der Waals surface area contributed by atoms with Crippen LogP contribution in [0.4, 0.5) is 5.82 Å². The molecule has 0 unspecified atom stereocenters. The average molecular weight is 283 g/mol. The van der Waals surface area contributed by atoms with E-state index in [1.165, 1.54) is 19.2 Å². The largest absolute Gasteiger partial charge is 0.480 e. The smallest absolute Gasteiger partial charge is 0.323 e. The normalized spacial score (nSPS) is 11.2. The van der Waals surface area contributed by atoms with Crippen LogP contribution in [0.15, 0.2) is 12.1 Å². The maximum absolute atomic E-state index is 12.4. The van der Waals surface area contributed by atoms with E-state index < -0.39 is 28.9 Å². The van der Waals surface area contributed by atoms with Crippen molar-refractivity contribution in [3.63, 3.8) is 0 Å². The van der Waals surface area contributed by atoms with E-state index in [0.717, 1.165) is 9.47 Å². The number of rotatable bonds is 4. The third kappa shape index (κ3) is 3.14. The van der Waals surface area contributed by atoms with E-state index in [-0.39, 0.29) is 11.5 Å². The molecule has 0 aliphatic rings. The third-order valence-corrected chi connectivity index (χ3v) is 2.85. The molecular formula is C12H17N3O5. The van der Waals surface area contributed by atoms with E-state index in [4.69, 9.17) is 5.11 Å². The maximum atomic E-state index is 12.4. The number of carboxylic acid groups (broad SMARTS) is 1. The van der Waals surface area contributed by atoms with Crippen molar-refractivity contribution in [2.75, 3.05) is 6.54 Å². The number of hydrogen-bond acceptors (Lipinski definition) is 4. The van der Waals surface area contributed by atoms with Crippen LogP contribution < -0.4 is 0 Å². The van der Waals surface area contributed by atoms with Crippen molar-refractivity contribution < 1.29 is 19.6 Å². The quantitative estimate of drug-likeness (QED) is 0.661. The van der Waals surface area contributed by atoms with Crippen LogP contribution in [0, 0.1) is 10.1 Å². The van der Waals surface area contributed by atoms with E-state index in [1.807, 2.05) is 0 Å². The van der Waals surface area contributed by atoms with Crippen molar-refractivity contribution in [2.45, 2.75) is 26.3 Å². The van der Waals surface area contributed by atoms with Crippen LogP contribution in [0.2, 0.25) is 0 Å². The first-order valence-electron chi connectivity index (χ1n) is 5.89. The molecule has 0 aromatic carbocycles. The maximum Gasteiger partial charge on any atom is 0.323 e. The minimum atomic E-state index is -1.14. The second kappa shape index (κ2) is 5.32.